The van der Waals surface area contributed by atoms with Crippen LogP contribution in [0.25, 0.3) is 0 Å². The third-order valence-corrected chi connectivity index (χ3v) is 5.26. The van der Waals surface area contributed by atoms with Gasteiger partial charge in [-0.3, -0.25) is 0 Å². The number of hydrogen-bond donors (Lipinski definition) is 2. The van der Waals surface area contributed by atoms with Crippen molar-refractivity contribution in [2.24, 2.45) is 5.73 Å². The van der Waals surface area contributed by atoms with Gasteiger partial charge in [-0.1, -0.05) is 0 Å². The summed E-state index contributed by atoms with van der Waals surface area (Å²) in [4.78, 5) is 11.5. The predicted octanol–water partition coefficient (Wildman–Crippen LogP) is 0.592. The summed E-state index contributed by atoms with van der Waals surface area (Å²) in [5.41, 5.74) is 5.30. The van der Waals surface area contributed by atoms with Crippen LogP contribution in [0, 0.1) is 0 Å². The van der Waals surface area contributed by atoms with E-state index in [1.165, 1.54) is 20.3 Å². The number of nitrogens with one attached hydrogen (secondary N) is 1. The second-order valence-corrected chi connectivity index (χ2v) is 6.51. The van der Waals surface area contributed by atoms with Crippen molar-refractivity contribution in [1.29, 1.82) is 0 Å². The van der Waals surface area contributed by atoms with Gasteiger partial charge in [0.1, 0.15) is 4.88 Å². The van der Waals surface area contributed by atoms with E-state index in [1.54, 1.807) is 0 Å². The van der Waals surface area contributed by atoms with E-state index < -0.39 is 16.0 Å². The third-order valence-electron chi connectivity index (χ3n) is 2.19. The second-order valence-electron chi connectivity index (χ2n) is 3.50. The zero-order chi connectivity index (χ0) is 14.5. The summed E-state index contributed by atoms with van der Waals surface area (Å²) in [5.74, 6) is -0.489. The summed E-state index contributed by atoms with van der Waals surface area (Å²) in [7, 11) is -1.16. The predicted molar refractivity (Wildman–Crippen MR) is 78.3 cm³/mol. The Bertz CT molecular complexity index is 544. The van der Waals surface area contributed by atoms with E-state index in [4.69, 9.17) is 10.5 Å². The normalized spacial score (nSPS) is 10.8. The molecule has 1 rings (SSSR count). The molecule has 10 heteroatoms. The number of thiophene rings is 1. The van der Waals surface area contributed by atoms with Crippen LogP contribution >= 0.6 is 23.7 Å². The number of rotatable bonds is 7. The van der Waals surface area contributed by atoms with Gasteiger partial charge in [-0.05, 0) is 13.0 Å². The summed E-state index contributed by atoms with van der Waals surface area (Å²) < 4.78 is 35.9. The van der Waals surface area contributed by atoms with Crippen molar-refractivity contribution in [3.05, 3.63) is 10.9 Å². The fraction of sp³-hybridized carbons (Fsp3) is 0.500. The van der Waals surface area contributed by atoms with Crippen molar-refractivity contribution in [2.45, 2.75) is 10.6 Å². The molecule has 1 heterocycles. The van der Waals surface area contributed by atoms with E-state index in [2.05, 4.69) is 9.46 Å². The van der Waals surface area contributed by atoms with Crippen LogP contribution in [-0.4, -0.2) is 41.7 Å². The maximum atomic E-state index is 12.0. The summed E-state index contributed by atoms with van der Waals surface area (Å²) >= 11 is 0.800. The molecule has 0 saturated carbocycles. The molecule has 20 heavy (non-hydrogen) atoms. The van der Waals surface area contributed by atoms with Crippen LogP contribution in [0.5, 0.6) is 5.75 Å². The minimum Gasteiger partial charge on any atom is -0.494 e. The Morgan fingerprint density at radius 3 is 2.60 bits per heavy atom. The van der Waals surface area contributed by atoms with Gasteiger partial charge in [0.25, 0.3) is 10.0 Å². The molecule has 0 aliphatic carbocycles. The molecule has 1 aromatic heterocycles. The zero-order valence-corrected chi connectivity index (χ0v) is 13.5. The number of carbonyl (C=O) groups excluding carboxylic acids is 1. The fourth-order valence-corrected chi connectivity index (χ4v) is 3.87. The van der Waals surface area contributed by atoms with Crippen LogP contribution < -0.4 is 15.2 Å². The highest BCUT2D eigenvalue weighted by Gasteiger charge is 2.25. The van der Waals surface area contributed by atoms with Gasteiger partial charge in [0.05, 0.1) is 14.2 Å². The Balaban J connectivity index is 0.00000361. The Morgan fingerprint density at radius 1 is 1.45 bits per heavy atom. The summed E-state index contributed by atoms with van der Waals surface area (Å²) in [6.45, 7) is 0.616. The molecule has 0 aliphatic heterocycles. The van der Waals surface area contributed by atoms with Gasteiger partial charge in [0, 0.05) is 12.6 Å². The topological polar surface area (TPSA) is 108 Å². The van der Waals surface area contributed by atoms with Gasteiger partial charge in [0.2, 0.25) is 0 Å². The van der Waals surface area contributed by atoms with E-state index in [0.717, 1.165) is 11.3 Å². The molecule has 0 saturated heterocycles. The van der Waals surface area contributed by atoms with Crippen molar-refractivity contribution in [3.8, 4) is 5.75 Å². The molecule has 0 radical (unpaired) electrons. The van der Waals surface area contributed by atoms with E-state index >= 15 is 0 Å². The molecule has 0 bridgehead atoms. The van der Waals surface area contributed by atoms with Gasteiger partial charge in [0.15, 0.2) is 9.96 Å². The van der Waals surface area contributed by atoms with Gasteiger partial charge < -0.3 is 15.2 Å². The Labute approximate surface area is 127 Å². The van der Waals surface area contributed by atoms with Crippen molar-refractivity contribution < 1.29 is 22.7 Å². The molecule has 0 unspecified atom stereocenters. The number of nitrogens with two attached hydrogens (primary N) is 1. The number of halogens is 1. The van der Waals surface area contributed by atoms with E-state index in [1.807, 2.05) is 0 Å². The van der Waals surface area contributed by atoms with Crippen molar-refractivity contribution in [2.75, 3.05) is 27.3 Å². The Morgan fingerprint density at radius 2 is 2.10 bits per heavy atom. The highest BCUT2D eigenvalue weighted by Crippen LogP contribution is 2.33. The fourth-order valence-electron chi connectivity index (χ4n) is 1.26. The maximum Gasteiger partial charge on any atom is 0.348 e. The van der Waals surface area contributed by atoms with Gasteiger partial charge in [-0.15, -0.1) is 23.7 Å². The largest absolute Gasteiger partial charge is 0.494 e. The first kappa shape index (κ1) is 19.1. The first-order valence-electron chi connectivity index (χ1n) is 5.42. The molecule has 0 fully saturated rings. The first-order valence-corrected chi connectivity index (χ1v) is 7.72. The maximum absolute atomic E-state index is 12.0. The lowest BCUT2D eigenvalue weighted by Crippen LogP contribution is -2.25. The molecule has 3 N–H and O–H groups in total. The molecular weight excluding hydrogens is 328 g/mol. The van der Waals surface area contributed by atoms with E-state index in [0.29, 0.717) is 13.0 Å². The van der Waals surface area contributed by atoms with E-state index in [9.17, 15) is 13.2 Å². The number of methoxy groups -OCH3 is 2. The molecule has 1 aromatic rings. The summed E-state index contributed by atoms with van der Waals surface area (Å²) in [6, 6.07) is 1.34. The SMILES string of the molecule is COC(=O)c1cc(OC)c(S(=O)(=O)NCCCN)s1.Cl. The lowest BCUT2D eigenvalue weighted by molar-refractivity contribution is 0.0606. The number of esters is 1. The number of hydrogen-bond acceptors (Lipinski definition) is 7. The first-order chi connectivity index (χ1) is 8.96. The molecule has 0 spiro atoms. The second kappa shape index (κ2) is 8.42. The standard InChI is InChI=1S/C10H16N2O5S2.ClH/c1-16-7-6-8(9(13)17-2)18-10(7)19(14,15)12-5-3-4-11;/h6,12H,3-5,11H2,1-2H3;1H. The highest BCUT2D eigenvalue weighted by atomic mass is 35.5. The van der Waals surface area contributed by atoms with Gasteiger partial charge >= 0.3 is 5.97 Å². The van der Waals surface area contributed by atoms with Gasteiger partial charge in [-0.2, -0.15) is 0 Å². The smallest absolute Gasteiger partial charge is 0.348 e. The minimum atomic E-state index is -3.72. The highest BCUT2D eigenvalue weighted by molar-refractivity contribution is 7.91. The summed E-state index contributed by atoms with van der Waals surface area (Å²) in [5, 5.41) is 0. The molecule has 7 nitrogen and oxygen atoms in total. The molecule has 0 amide bonds. The van der Waals surface area contributed by atoms with Crippen molar-refractivity contribution in [3.63, 3.8) is 0 Å². The van der Waals surface area contributed by atoms with Crippen LogP contribution in [0.4, 0.5) is 0 Å². The van der Waals surface area contributed by atoms with Crippen LogP contribution in [-0.2, 0) is 14.8 Å². The summed E-state index contributed by atoms with van der Waals surface area (Å²) in [6.07, 6.45) is 0.525. The number of ether oxygens (including phenoxy) is 2. The van der Waals surface area contributed by atoms with E-state index in [-0.39, 0.29) is 33.8 Å². The molecule has 0 atom stereocenters. The lowest BCUT2D eigenvalue weighted by atomic mass is 10.4. The van der Waals surface area contributed by atoms with Gasteiger partial charge in [-0.25, -0.2) is 17.9 Å². The minimum absolute atomic E-state index is 0. The Hall–Kier alpha value is -0.870. The van der Waals surface area contributed by atoms with Crippen molar-refractivity contribution >= 4 is 39.7 Å². The molecule has 116 valence electrons. The third kappa shape index (κ3) is 4.60. The van der Waals surface area contributed by atoms with Crippen LogP contribution in [0.1, 0.15) is 16.1 Å². The molecule has 0 aromatic carbocycles. The monoisotopic (exact) mass is 344 g/mol. The zero-order valence-electron chi connectivity index (χ0n) is 11.0. The number of sulfonamides is 1. The average molecular weight is 345 g/mol. The Kier molecular flexibility index (Phi) is 8.06. The van der Waals surface area contributed by atoms with Crippen LogP contribution in [0.2, 0.25) is 0 Å². The van der Waals surface area contributed by atoms with Crippen LogP contribution in [0.3, 0.4) is 0 Å². The van der Waals surface area contributed by atoms with Crippen LogP contribution in [0.15, 0.2) is 10.3 Å². The number of carbonyl (C=O) groups is 1. The lowest BCUT2D eigenvalue weighted by Gasteiger charge is -2.05. The van der Waals surface area contributed by atoms with Crippen molar-refractivity contribution in [1.82, 2.24) is 4.72 Å². The molecule has 0 aliphatic rings. The average Bonchev–Trinajstić information content (AvgIpc) is 2.83. The molecular formula is C10H17ClN2O5S2. The quantitative estimate of drug-likeness (QED) is 0.553.